The molecule has 0 radical (unpaired) electrons. The lowest BCUT2D eigenvalue weighted by atomic mass is 9.88. The number of allylic oxidation sites excluding steroid dienone is 1. The minimum atomic E-state index is -1.04. The van der Waals surface area contributed by atoms with Crippen LogP contribution in [0.4, 0.5) is 17.6 Å². The normalized spacial score (nSPS) is 18.1. The lowest BCUT2D eigenvalue weighted by Gasteiger charge is -2.30. The third kappa shape index (κ3) is 6.53. The molecule has 3 unspecified atom stereocenters. The van der Waals surface area contributed by atoms with Crippen molar-refractivity contribution >= 4 is 0 Å². The van der Waals surface area contributed by atoms with Crippen LogP contribution in [-0.4, -0.2) is 18.3 Å². The van der Waals surface area contributed by atoms with Crippen LogP contribution in [-0.2, 0) is 4.74 Å². The second-order valence-electron chi connectivity index (χ2n) is 9.91. The molecule has 0 spiro atoms. The van der Waals surface area contributed by atoms with Crippen molar-refractivity contribution in [3.8, 4) is 16.9 Å². The number of aliphatic hydroxyl groups is 1. The van der Waals surface area contributed by atoms with Crippen molar-refractivity contribution < 1.29 is 32.1 Å². The van der Waals surface area contributed by atoms with Gasteiger partial charge < -0.3 is 14.6 Å². The maximum absolute atomic E-state index is 15.1. The molecule has 1 heterocycles. The van der Waals surface area contributed by atoms with Gasteiger partial charge in [-0.15, -0.1) is 6.58 Å². The molecule has 0 saturated carbocycles. The molecule has 7 heteroatoms. The summed E-state index contributed by atoms with van der Waals surface area (Å²) < 4.78 is 70.8. The Morgan fingerprint density at radius 1 is 0.949 bits per heavy atom. The second kappa shape index (κ2) is 13.3. The summed E-state index contributed by atoms with van der Waals surface area (Å²) >= 11 is 0. The zero-order valence-electron chi connectivity index (χ0n) is 22.1. The zero-order chi connectivity index (χ0) is 27.9. The number of aliphatic hydroxyl groups excluding tert-OH is 1. The Hall–Kier alpha value is -3.16. The van der Waals surface area contributed by atoms with Crippen molar-refractivity contribution in [3.05, 3.63) is 101 Å². The number of hydrogen-bond donors (Lipinski definition) is 1. The molecule has 1 aliphatic heterocycles. The molecule has 0 amide bonds. The van der Waals surface area contributed by atoms with Crippen LogP contribution in [0.3, 0.4) is 0 Å². The van der Waals surface area contributed by atoms with E-state index in [4.69, 9.17) is 9.47 Å². The lowest BCUT2D eigenvalue weighted by Crippen LogP contribution is -2.21. The largest absolute Gasteiger partial charge is 0.490 e. The third-order valence-electron chi connectivity index (χ3n) is 7.23. The average molecular weight is 543 g/mol. The summed E-state index contributed by atoms with van der Waals surface area (Å²) in [5, 5.41) is 10.1. The van der Waals surface area contributed by atoms with E-state index in [1.54, 1.807) is 30.3 Å². The van der Waals surface area contributed by atoms with Crippen molar-refractivity contribution in [2.45, 2.75) is 63.6 Å². The maximum atomic E-state index is 15.1. The number of ether oxygens (including phenoxy) is 2. The molecule has 1 N–H and O–H groups in total. The quantitative estimate of drug-likeness (QED) is 0.150. The van der Waals surface area contributed by atoms with Gasteiger partial charge in [0.15, 0.2) is 23.2 Å². The minimum absolute atomic E-state index is 0.0466. The van der Waals surface area contributed by atoms with Crippen LogP contribution in [0.1, 0.15) is 80.3 Å². The van der Waals surface area contributed by atoms with Gasteiger partial charge in [-0.1, -0.05) is 61.9 Å². The van der Waals surface area contributed by atoms with Gasteiger partial charge in [0.05, 0.1) is 25.4 Å². The van der Waals surface area contributed by atoms with Crippen LogP contribution in [0.15, 0.2) is 61.2 Å². The van der Waals surface area contributed by atoms with Crippen molar-refractivity contribution in [1.29, 1.82) is 0 Å². The fourth-order valence-electron chi connectivity index (χ4n) is 4.99. The van der Waals surface area contributed by atoms with E-state index in [0.29, 0.717) is 37.7 Å². The molecule has 0 aliphatic carbocycles. The first-order valence-corrected chi connectivity index (χ1v) is 13.4. The first-order valence-electron chi connectivity index (χ1n) is 13.4. The van der Waals surface area contributed by atoms with E-state index in [1.807, 2.05) is 6.92 Å². The fourth-order valence-corrected chi connectivity index (χ4v) is 4.99. The molecule has 1 saturated heterocycles. The predicted molar refractivity (Wildman–Crippen MR) is 144 cm³/mol. The van der Waals surface area contributed by atoms with Gasteiger partial charge in [0.1, 0.15) is 0 Å². The van der Waals surface area contributed by atoms with Crippen LogP contribution in [0.5, 0.6) is 5.75 Å². The molecule has 0 bridgehead atoms. The van der Waals surface area contributed by atoms with E-state index >= 15 is 8.78 Å². The summed E-state index contributed by atoms with van der Waals surface area (Å²) in [5.41, 5.74) is 1.62. The number of benzene rings is 3. The highest BCUT2D eigenvalue weighted by molar-refractivity contribution is 5.65. The van der Waals surface area contributed by atoms with Crippen molar-refractivity contribution in [1.82, 2.24) is 0 Å². The van der Waals surface area contributed by atoms with Gasteiger partial charge in [0, 0.05) is 17.0 Å². The average Bonchev–Trinajstić information content (AvgIpc) is 2.95. The zero-order valence-corrected chi connectivity index (χ0v) is 22.1. The standard InChI is InChI=1S/C32H34F4O3/c1-3-5-6-18-38-28-17-15-24(30(34)32(28)36)22-12-16-27(39-19-22)25-14-13-23(29(33)31(25)35)20-8-10-21(11-9-20)26(37)7-4-2/h3,8-11,13-15,17,22,26-27,37H,1,4-7,12,16,18-19H2,2H3. The molecule has 1 aliphatic rings. The summed E-state index contributed by atoms with van der Waals surface area (Å²) in [7, 11) is 0. The van der Waals surface area contributed by atoms with Crippen molar-refractivity contribution in [2.24, 2.45) is 0 Å². The van der Waals surface area contributed by atoms with Gasteiger partial charge >= 0.3 is 0 Å². The smallest absolute Gasteiger partial charge is 0.200 e. The highest BCUT2D eigenvalue weighted by Gasteiger charge is 2.30. The first kappa shape index (κ1) is 28.8. The second-order valence-corrected chi connectivity index (χ2v) is 9.91. The van der Waals surface area contributed by atoms with Crippen molar-refractivity contribution in [2.75, 3.05) is 13.2 Å². The lowest BCUT2D eigenvalue weighted by molar-refractivity contribution is -0.000660. The predicted octanol–water partition coefficient (Wildman–Crippen LogP) is 8.72. The molecule has 3 atom stereocenters. The van der Waals surface area contributed by atoms with E-state index < -0.39 is 41.4 Å². The Labute approximate surface area is 227 Å². The van der Waals surface area contributed by atoms with E-state index in [1.165, 1.54) is 24.3 Å². The SMILES string of the molecule is C=CCCCOc1ccc(C2CCC(c3ccc(-c4ccc(C(O)CCC)cc4)c(F)c3F)OC2)c(F)c1F. The molecular formula is C32H34F4O3. The Morgan fingerprint density at radius 2 is 1.67 bits per heavy atom. The molecule has 39 heavy (non-hydrogen) atoms. The van der Waals surface area contributed by atoms with E-state index in [-0.39, 0.29) is 35.7 Å². The van der Waals surface area contributed by atoms with Gasteiger partial charge in [0.25, 0.3) is 0 Å². The van der Waals surface area contributed by atoms with Crippen LogP contribution in [0, 0.1) is 23.3 Å². The fraction of sp³-hybridized carbons (Fsp3) is 0.375. The summed E-state index contributed by atoms with van der Waals surface area (Å²) in [6.45, 7) is 5.89. The number of hydrogen-bond acceptors (Lipinski definition) is 3. The Balaban J connectivity index is 1.43. The minimum Gasteiger partial charge on any atom is -0.490 e. The van der Waals surface area contributed by atoms with Gasteiger partial charge in [-0.05, 0) is 54.9 Å². The highest BCUT2D eigenvalue weighted by Crippen LogP contribution is 2.40. The molecule has 3 aromatic carbocycles. The molecular weight excluding hydrogens is 508 g/mol. The van der Waals surface area contributed by atoms with E-state index in [2.05, 4.69) is 6.58 Å². The number of rotatable bonds is 11. The van der Waals surface area contributed by atoms with Gasteiger partial charge in [-0.25, -0.2) is 13.2 Å². The summed E-state index contributed by atoms with van der Waals surface area (Å²) in [6.07, 6.45) is 4.00. The topological polar surface area (TPSA) is 38.7 Å². The molecule has 3 aromatic rings. The Kier molecular flexibility index (Phi) is 9.81. The first-order chi connectivity index (χ1) is 18.8. The molecule has 4 rings (SSSR count). The van der Waals surface area contributed by atoms with Crippen LogP contribution in [0.25, 0.3) is 11.1 Å². The van der Waals surface area contributed by atoms with Gasteiger partial charge in [0.2, 0.25) is 5.82 Å². The Morgan fingerprint density at radius 3 is 2.33 bits per heavy atom. The van der Waals surface area contributed by atoms with Gasteiger partial charge in [-0.2, -0.15) is 4.39 Å². The number of unbranched alkanes of at least 4 members (excludes halogenated alkanes) is 1. The van der Waals surface area contributed by atoms with Crippen LogP contribution < -0.4 is 4.74 Å². The van der Waals surface area contributed by atoms with Crippen LogP contribution >= 0.6 is 0 Å². The molecule has 0 aromatic heterocycles. The molecule has 3 nitrogen and oxygen atoms in total. The highest BCUT2D eigenvalue weighted by atomic mass is 19.2. The van der Waals surface area contributed by atoms with E-state index in [0.717, 1.165) is 12.0 Å². The maximum Gasteiger partial charge on any atom is 0.200 e. The summed E-state index contributed by atoms with van der Waals surface area (Å²) in [6, 6.07) is 12.7. The van der Waals surface area contributed by atoms with Crippen molar-refractivity contribution in [3.63, 3.8) is 0 Å². The summed E-state index contributed by atoms with van der Waals surface area (Å²) in [5.74, 6) is -4.53. The van der Waals surface area contributed by atoms with Gasteiger partial charge in [-0.3, -0.25) is 0 Å². The third-order valence-corrected chi connectivity index (χ3v) is 7.23. The molecule has 208 valence electrons. The molecule has 1 fully saturated rings. The monoisotopic (exact) mass is 542 g/mol. The van der Waals surface area contributed by atoms with Crippen LogP contribution in [0.2, 0.25) is 0 Å². The summed E-state index contributed by atoms with van der Waals surface area (Å²) in [4.78, 5) is 0. The van der Waals surface area contributed by atoms with E-state index in [9.17, 15) is 13.9 Å². The Bertz CT molecular complexity index is 1270. The number of halogens is 4.